The molecule has 27 heavy (non-hydrogen) atoms. The van der Waals surface area contributed by atoms with Gasteiger partial charge >= 0.3 is 0 Å². The molecule has 1 aromatic rings. The van der Waals surface area contributed by atoms with Gasteiger partial charge in [-0.05, 0) is 54.9 Å². The van der Waals surface area contributed by atoms with E-state index >= 15 is 0 Å². The Balaban J connectivity index is 0.00000210. The Hall–Kier alpha value is -1.02. The molecule has 2 saturated heterocycles. The third kappa shape index (κ3) is 3.67. The summed E-state index contributed by atoms with van der Waals surface area (Å²) < 4.78 is 37.3. The molecule has 0 amide bonds. The fraction of sp³-hybridized carbons (Fsp3) is 0.684. The number of ether oxygens (including phenoxy) is 2. The number of nitrogens with zero attached hydrogens (tertiary/aromatic N) is 2. The lowest BCUT2D eigenvalue weighted by molar-refractivity contribution is 0.0221. The Morgan fingerprint density at radius 1 is 1.11 bits per heavy atom. The number of hydrogen-bond acceptors (Lipinski definition) is 5. The van der Waals surface area contributed by atoms with E-state index in [1.54, 1.807) is 18.5 Å². The van der Waals surface area contributed by atoms with Crippen LogP contribution in [0, 0.1) is 5.92 Å². The van der Waals surface area contributed by atoms with Crippen LogP contribution < -0.4 is 9.47 Å². The fourth-order valence-electron chi connectivity index (χ4n) is 5.14. The number of halogens is 1. The lowest BCUT2D eigenvalue weighted by Gasteiger charge is -2.51. The Morgan fingerprint density at radius 3 is 2.48 bits per heavy atom. The zero-order valence-corrected chi connectivity index (χ0v) is 17.8. The third-order valence-corrected chi connectivity index (χ3v) is 7.65. The summed E-state index contributed by atoms with van der Waals surface area (Å²) in [5, 5.41) is 0. The molecule has 0 saturated carbocycles. The van der Waals surface area contributed by atoms with Crippen LogP contribution in [0.4, 0.5) is 0 Å². The topological polar surface area (TPSA) is 59.1 Å². The number of fused-ring (bicyclic) bond motifs is 4. The van der Waals surface area contributed by atoms with Gasteiger partial charge in [0, 0.05) is 31.7 Å². The zero-order chi connectivity index (χ0) is 18.5. The van der Waals surface area contributed by atoms with Crippen molar-refractivity contribution in [2.24, 2.45) is 5.92 Å². The Labute approximate surface area is 168 Å². The molecule has 6 nitrogen and oxygen atoms in total. The molecule has 0 unspecified atom stereocenters. The minimum Gasteiger partial charge on any atom is -0.493 e. The first-order chi connectivity index (χ1) is 12.4. The summed E-state index contributed by atoms with van der Waals surface area (Å²) in [5.41, 5.74) is 2.57. The quantitative estimate of drug-likeness (QED) is 0.757. The molecule has 3 atom stereocenters. The van der Waals surface area contributed by atoms with E-state index in [9.17, 15) is 8.42 Å². The largest absolute Gasteiger partial charge is 0.493 e. The van der Waals surface area contributed by atoms with Gasteiger partial charge < -0.3 is 9.47 Å². The first-order valence-corrected chi connectivity index (χ1v) is 11.2. The van der Waals surface area contributed by atoms with E-state index in [1.807, 2.05) is 0 Å². The maximum Gasteiger partial charge on any atom is 0.211 e. The van der Waals surface area contributed by atoms with Crippen LogP contribution >= 0.6 is 12.4 Å². The number of methoxy groups -OCH3 is 2. The molecular weight excluding hydrogens is 388 g/mol. The van der Waals surface area contributed by atoms with Crippen molar-refractivity contribution >= 4 is 22.4 Å². The summed E-state index contributed by atoms with van der Waals surface area (Å²) in [6.45, 7) is 2.66. The van der Waals surface area contributed by atoms with Gasteiger partial charge in [-0.15, -0.1) is 12.4 Å². The summed E-state index contributed by atoms with van der Waals surface area (Å²) in [4.78, 5) is 2.54. The van der Waals surface area contributed by atoms with Crippen LogP contribution in [0.3, 0.4) is 0 Å². The first-order valence-electron chi connectivity index (χ1n) is 9.38. The lowest BCUT2D eigenvalue weighted by Crippen LogP contribution is -2.57. The van der Waals surface area contributed by atoms with Crippen LogP contribution in [0.25, 0.3) is 0 Å². The number of benzene rings is 1. The van der Waals surface area contributed by atoms with Crippen molar-refractivity contribution in [1.82, 2.24) is 9.21 Å². The van der Waals surface area contributed by atoms with Gasteiger partial charge in [0.1, 0.15) is 0 Å². The first kappa shape index (κ1) is 20.7. The molecule has 0 aromatic heterocycles. The standard InChI is InChI=1S/C19H28N2O4S.ClH/c1-24-18-9-13-6-8-20-12-14-5-4-7-21(26(3,22)23)16(14)11-17(20)15(13)10-19(18)25-2;/h9-10,14,16-17H,4-8,11-12H2,1-3H3;1H/t14-,16+,17+;/m1./s1. The van der Waals surface area contributed by atoms with Gasteiger partial charge in [-0.25, -0.2) is 8.42 Å². The number of rotatable bonds is 3. The minimum absolute atomic E-state index is 0. The van der Waals surface area contributed by atoms with Gasteiger partial charge in [0.2, 0.25) is 10.0 Å². The maximum absolute atomic E-state index is 12.3. The molecule has 2 fully saturated rings. The van der Waals surface area contributed by atoms with Crippen molar-refractivity contribution in [3.63, 3.8) is 0 Å². The van der Waals surface area contributed by atoms with Crippen LogP contribution in [-0.2, 0) is 16.4 Å². The van der Waals surface area contributed by atoms with Gasteiger partial charge in [0.05, 0.1) is 20.5 Å². The van der Waals surface area contributed by atoms with Crippen molar-refractivity contribution in [3.05, 3.63) is 23.3 Å². The second kappa shape index (κ2) is 7.78. The van der Waals surface area contributed by atoms with E-state index in [-0.39, 0.29) is 24.5 Å². The molecule has 0 radical (unpaired) electrons. The van der Waals surface area contributed by atoms with Crippen LogP contribution in [0.5, 0.6) is 11.5 Å². The van der Waals surface area contributed by atoms with Crippen molar-refractivity contribution in [3.8, 4) is 11.5 Å². The predicted octanol–water partition coefficient (Wildman–Crippen LogP) is 2.47. The second-order valence-electron chi connectivity index (χ2n) is 7.75. The Kier molecular flexibility index (Phi) is 5.96. The normalized spacial score (nSPS) is 28.3. The summed E-state index contributed by atoms with van der Waals surface area (Å²) in [6, 6.07) is 4.55. The van der Waals surface area contributed by atoms with Gasteiger partial charge in [-0.1, -0.05) is 0 Å². The number of hydrogen-bond donors (Lipinski definition) is 0. The van der Waals surface area contributed by atoms with E-state index in [0.717, 1.165) is 50.3 Å². The third-order valence-electron chi connectivity index (χ3n) is 6.34. The van der Waals surface area contributed by atoms with E-state index in [2.05, 4.69) is 17.0 Å². The van der Waals surface area contributed by atoms with Crippen molar-refractivity contribution in [1.29, 1.82) is 0 Å². The molecule has 1 aromatic carbocycles. The summed E-state index contributed by atoms with van der Waals surface area (Å²) in [7, 11) is 0.159. The number of sulfonamides is 1. The van der Waals surface area contributed by atoms with Crippen LogP contribution in [0.2, 0.25) is 0 Å². The predicted molar refractivity (Wildman–Crippen MR) is 107 cm³/mol. The summed E-state index contributed by atoms with van der Waals surface area (Å²) in [5.74, 6) is 1.96. The average molecular weight is 417 g/mol. The molecule has 8 heteroatoms. The van der Waals surface area contributed by atoms with Gasteiger partial charge in [0.25, 0.3) is 0 Å². The average Bonchev–Trinajstić information content (AvgIpc) is 2.63. The highest BCUT2D eigenvalue weighted by Crippen LogP contribution is 2.45. The van der Waals surface area contributed by atoms with Crippen LogP contribution in [0.1, 0.15) is 36.4 Å². The van der Waals surface area contributed by atoms with Gasteiger partial charge in [-0.2, -0.15) is 4.31 Å². The van der Waals surface area contributed by atoms with Crippen molar-refractivity contribution in [2.45, 2.75) is 37.8 Å². The summed E-state index contributed by atoms with van der Waals surface area (Å²) >= 11 is 0. The molecule has 0 N–H and O–H groups in total. The fourth-order valence-corrected chi connectivity index (χ4v) is 6.35. The van der Waals surface area contributed by atoms with Crippen molar-refractivity contribution in [2.75, 3.05) is 40.1 Å². The highest BCUT2D eigenvalue weighted by atomic mass is 35.5. The molecule has 152 valence electrons. The second-order valence-corrected chi connectivity index (χ2v) is 9.68. The Bertz CT molecular complexity index is 801. The smallest absolute Gasteiger partial charge is 0.211 e. The van der Waals surface area contributed by atoms with E-state index < -0.39 is 10.0 Å². The number of piperidine rings is 2. The molecule has 0 aliphatic carbocycles. The molecule has 4 rings (SSSR count). The zero-order valence-electron chi connectivity index (χ0n) is 16.2. The van der Waals surface area contributed by atoms with E-state index in [0.29, 0.717) is 12.5 Å². The molecule has 3 aliphatic heterocycles. The summed E-state index contributed by atoms with van der Waals surface area (Å²) in [6.07, 6.45) is 5.30. The van der Waals surface area contributed by atoms with Crippen LogP contribution in [-0.4, -0.2) is 63.8 Å². The molecule has 0 spiro atoms. The highest BCUT2D eigenvalue weighted by Gasteiger charge is 2.45. The molecular formula is C19H29ClN2O4S. The lowest BCUT2D eigenvalue weighted by atomic mass is 9.77. The van der Waals surface area contributed by atoms with E-state index in [4.69, 9.17) is 9.47 Å². The van der Waals surface area contributed by atoms with Crippen molar-refractivity contribution < 1.29 is 17.9 Å². The minimum atomic E-state index is -3.16. The van der Waals surface area contributed by atoms with Crippen LogP contribution in [0.15, 0.2) is 12.1 Å². The maximum atomic E-state index is 12.3. The van der Waals surface area contributed by atoms with E-state index in [1.165, 1.54) is 17.4 Å². The molecule has 3 heterocycles. The van der Waals surface area contributed by atoms with Gasteiger partial charge in [0.15, 0.2) is 11.5 Å². The SMILES string of the molecule is COc1cc2c(cc1OC)[C@@H]1C[C@H]3[C@H](CCCN3S(C)(=O)=O)CN1CC2.Cl. The van der Waals surface area contributed by atoms with Gasteiger partial charge in [-0.3, -0.25) is 4.90 Å². The monoisotopic (exact) mass is 416 g/mol. The highest BCUT2D eigenvalue weighted by molar-refractivity contribution is 7.88. The molecule has 0 bridgehead atoms. The Morgan fingerprint density at radius 2 is 1.81 bits per heavy atom. The molecule has 3 aliphatic rings.